The van der Waals surface area contributed by atoms with Crippen LogP contribution in [0.15, 0.2) is 42.5 Å². The summed E-state index contributed by atoms with van der Waals surface area (Å²) >= 11 is 12.0. The van der Waals surface area contributed by atoms with Crippen molar-refractivity contribution in [2.24, 2.45) is 0 Å². The van der Waals surface area contributed by atoms with E-state index in [0.717, 1.165) is 44.6 Å². The number of aliphatic carboxylic acids is 2. The van der Waals surface area contributed by atoms with Gasteiger partial charge in [0.2, 0.25) is 5.91 Å². The molecule has 32 heavy (non-hydrogen) atoms. The van der Waals surface area contributed by atoms with Gasteiger partial charge < -0.3 is 20.0 Å². The molecular formula is C23H28Cl2N2O5. The number of carboxylic acids is 2. The lowest BCUT2D eigenvalue weighted by Gasteiger charge is -2.39. The third kappa shape index (κ3) is 8.30. The van der Waals surface area contributed by atoms with Gasteiger partial charge in [0, 0.05) is 25.2 Å². The monoisotopic (exact) mass is 482 g/mol. The summed E-state index contributed by atoms with van der Waals surface area (Å²) in [6.45, 7) is 8.26. The number of carbonyl (C=O) groups excluding carboxylic acids is 1. The normalized spacial score (nSPS) is 19.0. The van der Waals surface area contributed by atoms with E-state index in [0.29, 0.717) is 28.6 Å². The van der Waals surface area contributed by atoms with Crippen LogP contribution in [0.25, 0.3) is 0 Å². The van der Waals surface area contributed by atoms with Crippen LogP contribution in [-0.2, 0) is 20.8 Å². The molecule has 0 spiro atoms. The van der Waals surface area contributed by atoms with Crippen molar-refractivity contribution in [2.75, 3.05) is 26.2 Å². The van der Waals surface area contributed by atoms with Gasteiger partial charge in [-0.3, -0.25) is 4.79 Å². The summed E-state index contributed by atoms with van der Waals surface area (Å²) in [5.74, 6) is -2.36. The Kier molecular flexibility index (Phi) is 10.2. The summed E-state index contributed by atoms with van der Waals surface area (Å²) in [6, 6.07) is 5.56. The first-order chi connectivity index (χ1) is 15.2. The van der Waals surface area contributed by atoms with Gasteiger partial charge in [-0.1, -0.05) is 41.4 Å². The van der Waals surface area contributed by atoms with Crippen LogP contribution in [0, 0.1) is 0 Å². The molecule has 0 aliphatic carbocycles. The molecule has 1 aromatic rings. The molecule has 2 heterocycles. The number of hydrogen-bond donors (Lipinski definition) is 2. The Morgan fingerprint density at radius 1 is 1.00 bits per heavy atom. The minimum absolute atomic E-state index is 0.145. The molecule has 1 unspecified atom stereocenters. The van der Waals surface area contributed by atoms with Crippen molar-refractivity contribution in [3.8, 4) is 0 Å². The molecule has 3 rings (SSSR count). The maximum atomic E-state index is 12.9. The summed E-state index contributed by atoms with van der Waals surface area (Å²) in [5.41, 5.74) is 2.10. The predicted octanol–water partition coefficient (Wildman–Crippen LogP) is 3.89. The number of amides is 1. The van der Waals surface area contributed by atoms with E-state index in [1.54, 1.807) is 12.1 Å². The number of carboxylic acid groups (broad SMARTS) is 2. The van der Waals surface area contributed by atoms with Crippen LogP contribution < -0.4 is 0 Å². The SMILES string of the molecule is C=C1CCCN(C(=O)Cc2ccc(Cl)c(Cl)c2)C1CN1CCCC1.O=C(O)C=CC(=O)O. The molecule has 2 N–H and O–H groups in total. The Bertz CT molecular complexity index is 865. The summed E-state index contributed by atoms with van der Waals surface area (Å²) in [6.07, 6.45) is 6.02. The molecule has 0 aromatic heterocycles. The second-order valence-electron chi connectivity index (χ2n) is 7.81. The highest BCUT2D eigenvalue weighted by Crippen LogP contribution is 2.26. The van der Waals surface area contributed by atoms with Gasteiger partial charge in [-0.15, -0.1) is 0 Å². The minimum atomic E-state index is -1.26. The van der Waals surface area contributed by atoms with Crippen LogP contribution in [0.3, 0.4) is 0 Å². The largest absolute Gasteiger partial charge is 0.478 e. The van der Waals surface area contributed by atoms with Crippen LogP contribution in [-0.4, -0.2) is 70.1 Å². The highest BCUT2D eigenvalue weighted by Gasteiger charge is 2.31. The summed E-state index contributed by atoms with van der Waals surface area (Å²) < 4.78 is 0. The number of carbonyl (C=O) groups is 3. The number of nitrogens with zero attached hydrogens (tertiary/aromatic N) is 2. The van der Waals surface area contributed by atoms with Gasteiger partial charge in [-0.05, 0) is 56.5 Å². The molecule has 2 aliphatic rings. The fourth-order valence-corrected chi connectivity index (χ4v) is 4.14. The second-order valence-corrected chi connectivity index (χ2v) is 8.62. The lowest BCUT2D eigenvalue weighted by atomic mass is 9.95. The number of halogens is 2. The van der Waals surface area contributed by atoms with Crippen molar-refractivity contribution in [3.63, 3.8) is 0 Å². The zero-order chi connectivity index (χ0) is 23.7. The molecule has 174 valence electrons. The summed E-state index contributed by atoms with van der Waals surface area (Å²) in [5, 5.41) is 16.6. The second kappa shape index (κ2) is 12.6. The van der Waals surface area contributed by atoms with Gasteiger partial charge >= 0.3 is 11.9 Å². The number of benzene rings is 1. The topological polar surface area (TPSA) is 98.2 Å². The Balaban J connectivity index is 0.000000390. The van der Waals surface area contributed by atoms with Crippen LogP contribution in [0.2, 0.25) is 10.0 Å². The number of piperidine rings is 1. The van der Waals surface area contributed by atoms with E-state index in [1.165, 1.54) is 18.4 Å². The van der Waals surface area contributed by atoms with Crippen LogP contribution in [0.1, 0.15) is 31.2 Å². The highest BCUT2D eigenvalue weighted by molar-refractivity contribution is 6.42. The number of likely N-dealkylation sites (tertiary alicyclic amines) is 2. The molecular weight excluding hydrogens is 455 g/mol. The van der Waals surface area contributed by atoms with Crippen molar-refractivity contribution < 1.29 is 24.6 Å². The van der Waals surface area contributed by atoms with Crippen LogP contribution >= 0.6 is 23.2 Å². The van der Waals surface area contributed by atoms with Crippen molar-refractivity contribution in [2.45, 2.75) is 38.1 Å². The average Bonchev–Trinajstić information content (AvgIpc) is 3.24. The molecule has 0 radical (unpaired) electrons. The van der Waals surface area contributed by atoms with E-state index in [2.05, 4.69) is 11.5 Å². The molecule has 1 amide bonds. The molecule has 2 saturated heterocycles. The van der Waals surface area contributed by atoms with Crippen molar-refractivity contribution in [1.82, 2.24) is 9.80 Å². The minimum Gasteiger partial charge on any atom is -0.478 e. The van der Waals surface area contributed by atoms with E-state index in [-0.39, 0.29) is 11.9 Å². The first-order valence-corrected chi connectivity index (χ1v) is 11.2. The van der Waals surface area contributed by atoms with Crippen LogP contribution in [0.4, 0.5) is 0 Å². The van der Waals surface area contributed by atoms with Crippen molar-refractivity contribution in [1.29, 1.82) is 0 Å². The first kappa shape index (κ1) is 25.9. The maximum absolute atomic E-state index is 12.9. The highest BCUT2D eigenvalue weighted by atomic mass is 35.5. The van der Waals surface area contributed by atoms with E-state index in [9.17, 15) is 14.4 Å². The van der Waals surface area contributed by atoms with Gasteiger partial charge in [-0.25, -0.2) is 9.59 Å². The van der Waals surface area contributed by atoms with E-state index in [4.69, 9.17) is 33.4 Å². The lowest BCUT2D eigenvalue weighted by molar-refractivity contribution is -0.134. The lowest BCUT2D eigenvalue weighted by Crippen LogP contribution is -2.50. The smallest absolute Gasteiger partial charge is 0.328 e. The molecule has 0 bridgehead atoms. The van der Waals surface area contributed by atoms with Crippen LogP contribution in [0.5, 0.6) is 0 Å². The van der Waals surface area contributed by atoms with Gasteiger partial charge in [-0.2, -0.15) is 0 Å². The van der Waals surface area contributed by atoms with Crippen molar-refractivity contribution >= 4 is 41.0 Å². The van der Waals surface area contributed by atoms with Gasteiger partial charge in [0.15, 0.2) is 0 Å². The third-order valence-electron chi connectivity index (χ3n) is 5.40. The Morgan fingerprint density at radius 2 is 1.62 bits per heavy atom. The maximum Gasteiger partial charge on any atom is 0.328 e. The zero-order valence-corrected chi connectivity index (χ0v) is 19.3. The van der Waals surface area contributed by atoms with E-state index in [1.807, 2.05) is 11.0 Å². The molecule has 1 aromatic carbocycles. The Hall–Kier alpha value is -2.35. The first-order valence-electron chi connectivity index (χ1n) is 10.4. The molecule has 2 fully saturated rings. The van der Waals surface area contributed by atoms with Crippen molar-refractivity contribution in [3.05, 3.63) is 58.1 Å². The standard InChI is InChI=1S/C19H24Cl2N2O.C4H4O4/c1-14-5-4-10-23(18(14)13-22-8-2-3-9-22)19(24)12-15-6-7-16(20)17(21)11-15;5-3(6)1-2-4(7)8/h6-7,11,18H,1-5,8-10,12-13H2;1-2H,(H,5,6)(H,7,8). The molecule has 0 saturated carbocycles. The van der Waals surface area contributed by atoms with Gasteiger partial charge in [0.25, 0.3) is 0 Å². The Morgan fingerprint density at radius 3 is 2.19 bits per heavy atom. The summed E-state index contributed by atoms with van der Waals surface area (Å²) in [4.78, 5) is 36.5. The fraction of sp³-hybridized carbons (Fsp3) is 0.435. The number of hydrogen-bond acceptors (Lipinski definition) is 4. The van der Waals surface area contributed by atoms with E-state index < -0.39 is 11.9 Å². The molecule has 7 nitrogen and oxygen atoms in total. The molecule has 1 atom stereocenters. The fourth-order valence-electron chi connectivity index (χ4n) is 3.82. The van der Waals surface area contributed by atoms with Gasteiger partial charge in [0.1, 0.15) is 0 Å². The molecule has 9 heteroatoms. The zero-order valence-electron chi connectivity index (χ0n) is 17.8. The van der Waals surface area contributed by atoms with E-state index >= 15 is 0 Å². The number of rotatable bonds is 6. The summed E-state index contributed by atoms with van der Waals surface area (Å²) in [7, 11) is 0. The predicted molar refractivity (Wildman–Crippen MR) is 124 cm³/mol. The molecule has 2 aliphatic heterocycles. The average molecular weight is 483 g/mol. The third-order valence-corrected chi connectivity index (χ3v) is 6.14. The van der Waals surface area contributed by atoms with Gasteiger partial charge in [0.05, 0.1) is 22.5 Å². The Labute approximate surface area is 197 Å². The quantitative estimate of drug-likeness (QED) is 0.471.